The van der Waals surface area contributed by atoms with E-state index in [0.29, 0.717) is 0 Å². The second-order valence-corrected chi connectivity index (χ2v) is 4.39. The summed E-state index contributed by atoms with van der Waals surface area (Å²) in [4.78, 5) is 0. The summed E-state index contributed by atoms with van der Waals surface area (Å²) >= 11 is 0. The fourth-order valence-corrected chi connectivity index (χ4v) is 1.69. The predicted octanol–water partition coefficient (Wildman–Crippen LogP) is 4.30. The minimum Gasteiger partial charge on any atom is -0.493 e. The Labute approximate surface area is 104 Å². The van der Waals surface area contributed by atoms with Crippen molar-refractivity contribution < 1.29 is 9.47 Å². The Balaban J connectivity index is 2.99. The van der Waals surface area contributed by atoms with Gasteiger partial charge in [0, 0.05) is 0 Å². The molecule has 0 aliphatic heterocycles. The molecule has 0 spiro atoms. The van der Waals surface area contributed by atoms with Crippen LogP contribution in [0.25, 0.3) is 5.57 Å². The Bertz CT molecular complexity index is 381. The van der Waals surface area contributed by atoms with Gasteiger partial charge in [0.2, 0.25) is 0 Å². The van der Waals surface area contributed by atoms with Crippen molar-refractivity contribution in [2.24, 2.45) is 0 Å². The molecule has 0 heterocycles. The molecule has 0 amide bonds. The fraction of sp³-hybridized carbons (Fsp3) is 0.467. The van der Waals surface area contributed by atoms with E-state index in [0.717, 1.165) is 35.5 Å². The maximum absolute atomic E-state index is 5.74. The average molecular weight is 234 g/mol. The van der Waals surface area contributed by atoms with Crippen LogP contribution in [0.5, 0.6) is 11.5 Å². The first kappa shape index (κ1) is 13.6. The molecule has 1 aromatic carbocycles. The molecule has 0 bridgehead atoms. The zero-order chi connectivity index (χ0) is 12.8. The molecule has 0 saturated carbocycles. The molecule has 0 aromatic heterocycles. The third-order valence-corrected chi connectivity index (χ3v) is 2.49. The first-order valence-electron chi connectivity index (χ1n) is 6.11. The first-order chi connectivity index (χ1) is 8.08. The highest BCUT2D eigenvalue weighted by atomic mass is 16.5. The topological polar surface area (TPSA) is 18.5 Å². The van der Waals surface area contributed by atoms with Crippen LogP contribution in [0, 0.1) is 0 Å². The fourth-order valence-electron chi connectivity index (χ4n) is 1.69. The quantitative estimate of drug-likeness (QED) is 0.730. The summed E-state index contributed by atoms with van der Waals surface area (Å²) in [5.74, 6) is 1.56. The predicted molar refractivity (Wildman–Crippen MR) is 72.7 cm³/mol. The SMILES string of the molecule is C=C(CCC)c1ccc(OC)c(OC(C)C)c1. The van der Waals surface area contributed by atoms with E-state index in [4.69, 9.17) is 9.47 Å². The van der Waals surface area contributed by atoms with Crippen molar-refractivity contribution in [2.45, 2.75) is 39.7 Å². The second-order valence-electron chi connectivity index (χ2n) is 4.39. The molecule has 17 heavy (non-hydrogen) atoms. The van der Waals surface area contributed by atoms with Gasteiger partial charge < -0.3 is 9.47 Å². The summed E-state index contributed by atoms with van der Waals surface area (Å²) in [5, 5.41) is 0. The molecule has 2 heteroatoms. The smallest absolute Gasteiger partial charge is 0.162 e. The van der Waals surface area contributed by atoms with Crippen molar-refractivity contribution in [1.29, 1.82) is 0 Å². The van der Waals surface area contributed by atoms with Crippen LogP contribution in [-0.2, 0) is 0 Å². The molecular formula is C15H22O2. The lowest BCUT2D eigenvalue weighted by Crippen LogP contribution is -2.07. The summed E-state index contributed by atoms with van der Waals surface area (Å²) in [5.41, 5.74) is 2.27. The molecule has 0 saturated heterocycles. The Hall–Kier alpha value is -1.44. The van der Waals surface area contributed by atoms with E-state index in [2.05, 4.69) is 13.5 Å². The normalized spacial score (nSPS) is 10.4. The van der Waals surface area contributed by atoms with Crippen LogP contribution in [0.2, 0.25) is 0 Å². The zero-order valence-electron chi connectivity index (χ0n) is 11.2. The Morgan fingerprint density at radius 2 is 2.00 bits per heavy atom. The largest absolute Gasteiger partial charge is 0.493 e. The van der Waals surface area contributed by atoms with Crippen LogP contribution < -0.4 is 9.47 Å². The van der Waals surface area contributed by atoms with Crippen LogP contribution in [0.4, 0.5) is 0 Å². The molecule has 1 rings (SSSR count). The van der Waals surface area contributed by atoms with Crippen LogP contribution in [0.3, 0.4) is 0 Å². The number of rotatable bonds is 6. The van der Waals surface area contributed by atoms with E-state index in [1.807, 2.05) is 32.0 Å². The highest BCUT2D eigenvalue weighted by Crippen LogP contribution is 2.32. The Kier molecular flexibility index (Phi) is 5.08. The molecule has 0 N–H and O–H groups in total. The molecule has 2 nitrogen and oxygen atoms in total. The van der Waals surface area contributed by atoms with Gasteiger partial charge in [0.1, 0.15) is 0 Å². The van der Waals surface area contributed by atoms with Gasteiger partial charge in [-0.25, -0.2) is 0 Å². The average Bonchev–Trinajstić information content (AvgIpc) is 2.28. The highest BCUT2D eigenvalue weighted by Gasteiger charge is 2.08. The summed E-state index contributed by atoms with van der Waals surface area (Å²) in [7, 11) is 1.66. The number of allylic oxidation sites excluding steroid dienone is 1. The third kappa shape index (κ3) is 3.81. The van der Waals surface area contributed by atoms with Crippen molar-refractivity contribution in [3.63, 3.8) is 0 Å². The number of ether oxygens (including phenoxy) is 2. The van der Waals surface area contributed by atoms with Crippen molar-refractivity contribution in [3.8, 4) is 11.5 Å². The molecule has 0 radical (unpaired) electrons. The van der Waals surface area contributed by atoms with E-state index in [-0.39, 0.29) is 6.10 Å². The molecule has 0 aliphatic rings. The van der Waals surface area contributed by atoms with E-state index < -0.39 is 0 Å². The van der Waals surface area contributed by atoms with Crippen LogP contribution >= 0.6 is 0 Å². The van der Waals surface area contributed by atoms with Gasteiger partial charge in [-0.2, -0.15) is 0 Å². The lowest BCUT2D eigenvalue weighted by atomic mass is 10.0. The van der Waals surface area contributed by atoms with E-state index in [1.54, 1.807) is 7.11 Å². The Morgan fingerprint density at radius 1 is 1.29 bits per heavy atom. The minimum atomic E-state index is 0.138. The molecule has 0 aliphatic carbocycles. The first-order valence-corrected chi connectivity index (χ1v) is 6.11. The van der Waals surface area contributed by atoms with Crippen molar-refractivity contribution >= 4 is 5.57 Å². The molecular weight excluding hydrogens is 212 g/mol. The van der Waals surface area contributed by atoms with Crippen molar-refractivity contribution in [2.75, 3.05) is 7.11 Å². The summed E-state index contributed by atoms with van der Waals surface area (Å²) in [6, 6.07) is 5.98. The maximum Gasteiger partial charge on any atom is 0.162 e. The second kappa shape index (κ2) is 6.33. The van der Waals surface area contributed by atoms with Gasteiger partial charge in [-0.3, -0.25) is 0 Å². The summed E-state index contributed by atoms with van der Waals surface area (Å²) < 4.78 is 11.0. The summed E-state index contributed by atoms with van der Waals surface area (Å²) in [6.07, 6.45) is 2.25. The van der Waals surface area contributed by atoms with Crippen LogP contribution in [-0.4, -0.2) is 13.2 Å². The lowest BCUT2D eigenvalue weighted by Gasteiger charge is -2.15. The Morgan fingerprint density at radius 3 is 2.53 bits per heavy atom. The van der Waals surface area contributed by atoms with Gasteiger partial charge in [-0.05, 0) is 43.5 Å². The molecule has 0 atom stereocenters. The molecule has 94 valence electrons. The van der Waals surface area contributed by atoms with Gasteiger partial charge in [0.05, 0.1) is 13.2 Å². The van der Waals surface area contributed by atoms with Gasteiger partial charge in [0.15, 0.2) is 11.5 Å². The van der Waals surface area contributed by atoms with Crippen molar-refractivity contribution in [1.82, 2.24) is 0 Å². The lowest BCUT2D eigenvalue weighted by molar-refractivity contribution is 0.230. The molecule has 0 unspecified atom stereocenters. The van der Waals surface area contributed by atoms with Crippen molar-refractivity contribution in [3.05, 3.63) is 30.3 Å². The van der Waals surface area contributed by atoms with E-state index in [1.165, 1.54) is 0 Å². The monoisotopic (exact) mass is 234 g/mol. The van der Waals surface area contributed by atoms with Gasteiger partial charge in [-0.1, -0.05) is 26.0 Å². The molecule has 1 aromatic rings. The van der Waals surface area contributed by atoms with Crippen LogP contribution in [0.15, 0.2) is 24.8 Å². The number of methoxy groups -OCH3 is 1. The standard InChI is InChI=1S/C15H22O2/c1-6-7-12(4)13-8-9-14(16-5)15(10-13)17-11(2)3/h8-11H,4,6-7H2,1-3,5H3. The minimum absolute atomic E-state index is 0.138. The van der Waals surface area contributed by atoms with Gasteiger partial charge >= 0.3 is 0 Å². The number of hydrogen-bond acceptors (Lipinski definition) is 2. The third-order valence-electron chi connectivity index (χ3n) is 2.49. The van der Waals surface area contributed by atoms with Gasteiger partial charge in [0.25, 0.3) is 0 Å². The number of hydrogen-bond donors (Lipinski definition) is 0. The van der Waals surface area contributed by atoms with Crippen LogP contribution in [0.1, 0.15) is 39.2 Å². The van der Waals surface area contributed by atoms with E-state index >= 15 is 0 Å². The highest BCUT2D eigenvalue weighted by molar-refractivity contribution is 5.66. The van der Waals surface area contributed by atoms with E-state index in [9.17, 15) is 0 Å². The van der Waals surface area contributed by atoms with Gasteiger partial charge in [-0.15, -0.1) is 0 Å². The zero-order valence-corrected chi connectivity index (χ0v) is 11.2. The number of benzene rings is 1. The molecule has 0 fully saturated rings. The maximum atomic E-state index is 5.74. The summed E-state index contributed by atoms with van der Waals surface area (Å²) in [6.45, 7) is 10.3.